The third-order valence-electron chi connectivity index (χ3n) is 5.04. The van der Waals surface area contributed by atoms with Crippen molar-refractivity contribution in [2.24, 2.45) is 0 Å². The maximum absolute atomic E-state index is 12.6. The van der Waals surface area contributed by atoms with Gasteiger partial charge in [0.05, 0.1) is 12.1 Å². The van der Waals surface area contributed by atoms with Crippen molar-refractivity contribution in [3.8, 4) is 17.2 Å². The average molecular weight is 420 g/mol. The normalized spacial score (nSPS) is 14.7. The molecule has 0 spiro atoms. The first-order valence-electron chi connectivity index (χ1n) is 10.2. The highest BCUT2D eigenvalue weighted by Gasteiger charge is 2.25. The lowest BCUT2D eigenvalue weighted by Gasteiger charge is -2.30. The largest absolute Gasteiger partial charge is 0.486 e. The Bertz CT molecular complexity index is 1050. The van der Waals surface area contributed by atoms with E-state index in [-0.39, 0.29) is 18.6 Å². The molecule has 0 fully saturated rings. The highest BCUT2D eigenvalue weighted by atomic mass is 16.6. The Balaban J connectivity index is 1.32. The number of rotatable bonds is 7. The molecular weight excluding hydrogens is 396 g/mol. The number of carbonyl (C=O) groups excluding carboxylic acids is 2. The summed E-state index contributed by atoms with van der Waals surface area (Å²) in [5.74, 6) is 0.546. The van der Waals surface area contributed by atoms with E-state index in [4.69, 9.17) is 14.2 Å². The number of nitrogens with zero attached hydrogens (tertiary/aromatic N) is 2. The number of hydrogen-bond donors (Lipinski definition) is 0. The van der Waals surface area contributed by atoms with Crippen molar-refractivity contribution < 1.29 is 23.8 Å². The second-order valence-electron chi connectivity index (χ2n) is 7.15. The van der Waals surface area contributed by atoms with Gasteiger partial charge in [-0.05, 0) is 49.4 Å². The number of benzene rings is 2. The van der Waals surface area contributed by atoms with Crippen molar-refractivity contribution >= 4 is 11.9 Å². The second-order valence-corrected chi connectivity index (χ2v) is 7.15. The monoisotopic (exact) mass is 420 g/mol. The van der Waals surface area contributed by atoms with Crippen molar-refractivity contribution in [1.29, 1.82) is 0 Å². The van der Waals surface area contributed by atoms with E-state index in [1.54, 1.807) is 23.1 Å². The average Bonchev–Trinajstić information content (AvgIpc) is 3.36. The highest BCUT2D eigenvalue weighted by Crippen LogP contribution is 2.31. The summed E-state index contributed by atoms with van der Waals surface area (Å²) in [5, 5.41) is 0. The molecule has 2 aromatic carbocycles. The summed E-state index contributed by atoms with van der Waals surface area (Å²) in [5.41, 5.74) is 1.23. The molecule has 0 N–H and O–H groups in total. The van der Waals surface area contributed by atoms with Crippen molar-refractivity contribution in [3.63, 3.8) is 0 Å². The van der Waals surface area contributed by atoms with E-state index in [1.807, 2.05) is 66.3 Å². The highest BCUT2D eigenvalue weighted by molar-refractivity contribution is 5.91. The van der Waals surface area contributed by atoms with E-state index in [9.17, 15) is 9.59 Å². The molecule has 1 atom stereocenters. The van der Waals surface area contributed by atoms with Gasteiger partial charge in [-0.3, -0.25) is 4.79 Å². The van der Waals surface area contributed by atoms with Crippen LogP contribution in [0.5, 0.6) is 11.5 Å². The summed E-state index contributed by atoms with van der Waals surface area (Å²) in [4.78, 5) is 26.7. The quantitative estimate of drug-likeness (QED) is 0.549. The van der Waals surface area contributed by atoms with Crippen LogP contribution >= 0.6 is 0 Å². The second kappa shape index (κ2) is 9.38. The van der Waals surface area contributed by atoms with E-state index in [0.29, 0.717) is 36.8 Å². The molecule has 0 aliphatic carbocycles. The molecule has 0 bridgehead atoms. The molecular formula is C24H24N2O5. The zero-order chi connectivity index (χ0) is 21.6. The van der Waals surface area contributed by atoms with Crippen LogP contribution in [0.25, 0.3) is 5.69 Å². The number of hydrogen-bond acceptors (Lipinski definition) is 5. The third kappa shape index (κ3) is 4.88. The van der Waals surface area contributed by atoms with Crippen LogP contribution in [0.1, 0.15) is 17.3 Å². The van der Waals surface area contributed by atoms with Crippen molar-refractivity contribution in [2.75, 3.05) is 26.3 Å². The molecule has 0 saturated carbocycles. The van der Waals surface area contributed by atoms with Crippen LogP contribution < -0.4 is 9.47 Å². The molecule has 1 aliphatic rings. The van der Waals surface area contributed by atoms with Crippen LogP contribution in [0.4, 0.5) is 0 Å². The minimum atomic E-state index is -0.537. The number of amides is 1. The first-order chi connectivity index (χ1) is 15.1. The Morgan fingerprint density at radius 1 is 1.06 bits per heavy atom. The first kappa shape index (κ1) is 20.5. The molecule has 1 aliphatic heterocycles. The fraction of sp³-hybridized carbons (Fsp3) is 0.250. The van der Waals surface area contributed by atoms with Gasteiger partial charge in [-0.15, -0.1) is 0 Å². The van der Waals surface area contributed by atoms with Crippen LogP contribution in [0.3, 0.4) is 0 Å². The van der Waals surface area contributed by atoms with E-state index in [2.05, 4.69) is 0 Å². The van der Waals surface area contributed by atoms with Gasteiger partial charge in [0.1, 0.15) is 6.61 Å². The number of carbonyl (C=O) groups is 2. The lowest BCUT2D eigenvalue weighted by atomic mass is 10.2. The number of aromatic nitrogens is 1. The fourth-order valence-corrected chi connectivity index (χ4v) is 3.41. The Morgan fingerprint density at radius 3 is 2.61 bits per heavy atom. The number of likely N-dealkylation sites (N-methyl/N-ethyl adjacent to an activating group) is 1. The maximum atomic E-state index is 12.6. The summed E-state index contributed by atoms with van der Waals surface area (Å²) in [7, 11) is 0. The zero-order valence-corrected chi connectivity index (χ0v) is 17.3. The Morgan fingerprint density at radius 2 is 1.84 bits per heavy atom. The summed E-state index contributed by atoms with van der Waals surface area (Å²) in [6.45, 7) is 2.72. The predicted octanol–water partition coefficient (Wildman–Crippen LogP) is 3.32. The maximum Gasteiger partial charge on any atom is 0.338 e. The van der Waals surface area contributed by atoms with E-state index in [0.717, 1.165) is 5.69 Å². The molecule has 1 aromatic heterocycles. The van der Waals surface area contributed by atoms with Gasteiger partial charge in [0.15, 0.2) is 24.2 Å². The summed E-state index contributed by atoms with van der Waals surface area (Å²) < 4.78 is 18.8. The van der Waals surface area contributed by atoms with E-state index < -0.39 is 5.97 Å². The zero-order valence-electron chi connectivity index (χ0n) is 17.3. The van der Waals surface area contributed by atoms with Gasteiger partial charge in [-0.1, -0.05) is 18.2 Å². The van der Waals surface area contributed by atoms with Crippen molar-refractivity contribution in [3.05, 3.63) is 78.6 Å². The van der Waals surface area contributed by atoms with Gasteiger partial charge >= 0.3 is 5.97 Å². The van der Waals surface area contributed by atoms with Crippen LogP contribution in [-0.2, 0) is 9.53 Å². The molecule has 1 unspecified atom stereocenters. The lowest BCUT2D eigenvalue weighted by molar-refractivity contribution is -0.135. The van der Waals surface area contributed by atoms with Crippen LogP contribution in [0.15, 0.2) is 73.1 Å². The number of fused-ring (bicyclic) bond motifs is 1. The van der Waals surface area contributed by atoms with Gasteiger partial charge in [-0.2, -0.15) is 0 Å². The minimum absolute atomic E-state index is 0.278. The molecule has 3 aromatic rings. The lowest BCUT2D eigenvalue weighted by Crippen LogP contribution is -2.45. The molecule has 4 rings (SSSR count). The van der Waals surface area contributed by atoms with Crippen LogP contribution in [0.2, 0.25) is 0 Å². The van der Waals surface area contributed by atoms with Gasteiger partial charge in [0.25, 0.3) is 5.91 Å². The van der Waals surface area contributed by atoms with E-state index in [1.165, 1.54) is 0 Å². The molecule has 1 amide bonds. The molecule has 7 nitrogen and oxygen atoms in total. The third-order valence-corrected chi connectivity index (χ3v) is 5.04. The first-order valence-corrected chi connectivity index (χ1v) is 10.2. The van der Waals surface area contributed by atoms with Crippen molar-refractivity contribution in [2.45, 2.75) is 13.0 Å². The topological polar surface area (TPSA) is 70.0 Å². The van der Waals surface area contributed by atoms with Crippen LogP contribution in [0, 0.1) is 0 Å². The van der Waals surface area contributed by atoms with Gasteiger partial charge in [0.2, 0.25) is 0 Å². The molecule has 0 radical (unpaired) electrons. The standard InChI is InChI=1S/C24H24N2O5/c1-2-25(15-20-16-29-21-10-3-4-11-22(21)31-20)23(27)17-30-24(28)18-8-7-9-19(14-18)26-12-5-6-13-26/h3-14,20H,2,15-17H2,1H3. The van der Waals surface area contributed by atoms with Crippen molar-refractivity contribution in [1.82, 2.24) is 9.47 Å². The number of ether oxygens (including phenoxy) is 3. The van der Waals surface area contributed by atoms with Crippen LogP contribution in [-0.4, -0.2) is 53.8 Å². The smallest absolute Gasteiger partial charge is 0.338 e. The Hall–Kier alpha value is -3.74. The summed E-state index contributed by atoms with van der Waals surface area (Å²) in [6.07, 6.45) is 3.50. The molecule has 2 heterocycles. The molecule has 7 heteroatoms. The molecule has 0 saturated heterocycles. The van der Waals surface area contributed by atoms with Gasteiger partial charge in [0, 0.05) is 24.6 Å². The number of esters is 1. The predicted molar refractivity (Wildman–Crippen MR) is 115 cm³/mol. The van der Waals surface area contributed by atoms with Gasteiger partial charge in [-0.25, -0.2) is 4.79 Å². The molecule has 160 valence electrons. The Labute approximate surface area is 180 Å². The van der Waals surface area contributed by atoms with Gasteiger partial charge < -0.3 is 23.7 Å². The fourth-order valence-electron chi connectivity index (χ4n) is 3.41. The Kier molecular flexibility index (Phi) is 6.21. The summed E-state index contributed by atoms with van der Waals surface area (Å²) >= 11 is 0. The molecule has 31 heavy (non-hydrogen) atoms. The number of para-hydroxylation sites is 2. The van der Waals surface area contributed by atoms with E-state index >= 15 is 0 Å². The summed E-state index contributed by atoms with van der Waals surface area (Å²) in [6, 6.07) is 18.3. The SMILES string of the molecule is CCN(CC1COc2ccccc2O1)C(=O)COC(=O)c1cccc(-n2cccc2)c1. The minimum Gasteiger partial charge on any atom is -0.486 e.